The molecule has 2 heterocycles. The summed E-state index contributed by atoms with van der Waals surface area (Å²) in [6, 6.07) is 3.21. The van der Waals surface area contributed by atoms with Gasteiger partial charge < -0.3 is 15.1 Å². The molecule has 0 saturated carbocycles. The molecule has 2 N–H and O–H groups in total. The van der Waals surface area contributed by atoms with Crippen molar-refractivity contribution in [2.75, 3.05) is 13.2 Å². The van der Waals surface area contributed by atoms with Crippen LogP contribution in [-0.4, -0.2) is 46.2 Å². The number of aliphatic hydroxyl groups excluding tert-OH is 1. The summed E-state index contributed by atoms with van der Waals surface area (Å²) >= 11 is 1.19. The molecule has 5 nitrogen and oxygen atoms in total. The number of carboxylic acid groups (broad SMARTS) is 1. The fourth-order valence-electron chi connectivity index (χ4n) is 2.07. The summed E-state index contributed by atoms with van der Waals surface area (Å²) in [6.07, 6.45) is 4.81. The van der Waals surface area contributed by atoms with Crippen LogP contribution in [0.2, 0.25) is 0 Å². The van der Waals surface area contributed by atoms with Gasteiger partial charge in [0.05, 0.1) is 12.6 Å². The van der Waals surface area contributed by atoms with Crippen molar-refractivity contribution in [3.8, 4) is 0 Å². The average Bonchev–Trinajstić information content (AvgIpc) is 2.98. The lowest BCUT2D eigenvalue weighted by Gasteiger charge is -2.21. The first-order valence-corrected chi connectivity index (χ1v) is 6.83. The zero-order valence-corrected chi connectivity index (χ0v) is 11.1. The van der Waals surface area contributed by atoms with Gasteiger partial charge in [-0.15, -0.1) is 11.3 Å². The van der Waals surface area contributed by atoms with Crippen LogP contribution in [-0.2, 0) is 4.79 Å². The van der Waals surface area contributed by atoms with Gasteiger partial charge in [-0.25, -0.2) is 4.79 Å². The number of hydrogen-bond donors (Lipinski definition) is 2. The normalized spacial score (nSPS) is 19.5. The highest BCUT2D eigenvalue weighted by Crippen LogP contribution is 2.20. The van der Waals surface area contributed by atoms with Crippen LogP contribution in [0.4, 0.5) is 0 Å². The zero-order valence-electron chi connectivity index (χ0n) is 10.3. The number of nitrogens with zero attached hydrogens (tertiary/aromatic N) is 1. The molecule has 0 radical (unpaired) electrons. The minimum atomic E-state index is -0.931. The van der Waals surface area contributed by atoms with Crippen LogP contribution in [0.5, 0.6) is 0 Å². The van der Waals surface area contributed by atoms with E-state index >= 15 is 0 Å². The molecule has 1 fully saturated rings. The number of carbonyl (C=O) groups excluding carboxylic acids is 1. The van der Waals surface area contributed by atoms with Crippen molar-refractivity contribution in [2.24, 2.45) is 0 Å². The van der Waals surface area contributed by atoms with Crippen molar-refractivity contribution >= 4 is 29.3 Å². The second-order valence-corrected chi connectivity index (χ2v) is 5.45. The molecule has 1 aliphatic rings. The molecule has 6 heteroatoms. The lowest BCUT2D eigenvalue weighted by Crippen LogP contribution is -2.35. The maximum absolute atomic E-state index is 11.6. The van der Waals surface area contributed by atoms with Crippen molar-refractivity contribution < 1.29 is 19.8 Å². The Kier molecular flexibility index (Phi) is 4.34. The van der Waals surface area contributed by atoms with Gasteiger partial charge in [0.15, 0.2) is 0 Å². The van der Waals surface area contributed by atoms with Gasteiger partial charge in [-0.05, 0) is 24.6 Å². The average molecular weight is 281 g/mol. The maximum atomic E-state index is 11.6. The lowest BCUT2D eigenvalue weighted by molar-refractivity contribution is -0.128. The van der Waals surface area contributed by atoms with Gasteiger partial charge >= 0.3 is 5.97 Å². The molecule has 1 aromatic heterocycles. The van der Waals surface area contributed by atoms with Crippen molar-refractivity contribution in [3.05, 3.63) is 28.0 Å². The molecular formula is C13H15NO4S. The minimum absolute atomic E-state index is 0.0122. The molecule has 1 aliphatic heterocycles. The Morgan fingerprint density at radius 2 is 2.32 bits per heavy atom. The molecule has 0 spiro atoms. The van der Waals surface area contributed by atoms with Gasteiger partial charge in [-0.1, -0.05) is 6.08 Å². The third-order valence-electron chi connectivity index (χ3n) is 3.09. The molecule has 0 aliphatic carbocycles. The van der Waals surface area contributed by atoms with E-state index in [9.17, 15) is 9.59 Å². The number of aliphatic hydroxyl groups is 1. The summed E-state index contributed by atoms with van der Waals surface area (Å²) in [5.74, 6) is -0.874. The summed E-state index contributed by atoms with van der Waals surface area (Å²) in [6.45, 7) is 0.437. The number of carboxylic acids is 1. The van der Waals surface area contributed by atoms with Crippen LogP contribution in [0.15, 0.2) is 18.2 Å². The summed E-state index contributed by atoms with van der Waals surface area (Å²) in [4.78, 5) is 25.1. The van der Waals surface area contributed by atoms with Gasteiger partial charge in [-0.2, -0.15) is 0 Å². The predicted molar refractivity (Wildman–Crippen MR) is 72.1 cm³/mol. The van der Waals surface area contributed by atoms with Gasteiger partial charge in [0.25, 0.3) is 0 Å². The Hall–Kier alpha value is -1.66. The van der Waals surface area contributed by atoms with Crippen LogP contribution in [0.1, 0.15) is 27.4 Å². The summed E-state index contributed by atoms with van der Waals surface area (Å²) < 4.78 is 0. The Morgan fingerprint density at radius 1 is 1.53 bits per heavy atom. The Balaban J connectivity index is 1.95. The molecule has 1 amide bonds. The number of aromatic carboxylic acids is 1. The summed E-state index contributed by atoms with van der Waals surface area (Å²) in [5, 5.41) is 18.0. The molecule has 1 aromatic rings. The monoisotopic (exact) mass is 281 g/mol. The molecule has 102 valence electrons. The molecule has 1 saturated heterocycles. The van der Waals surface area contributed by atoms with E-state index in [0.717, 1.165) is 4.88 Å². The van der Waals surface area contributed by atoms with Gasteiger partial charge in [-0.3, -0.25) is 4.79 Å². The fourth-order valence-corrected chi connectivity index (χ4v) is 2.85. The molecular weight excluding hydrogens is 266 g/mol. The number of thiophene rings is 1. The molecule has 0 bridgehead atoms. The zero-order chi connectivity index (χ0) is 13.8. The standard InChI is InChI=1S/C13H15NO4S/c15-8-9-3-6-12(16)14(9)7-1-2-10-4-5-11(19-10)13(17)18/h1-2,4-5,9,15H,3,6-8H2,(H,17,18)/b2-1+. The van der Waals surface area contributed by atoms with Crippen molar-refractivity contribution in [1.29, 1.82) is 0 Å². The fraction of sp³-hybridized carbons (Fsp3) is 0.385. The SMILES string of the molecule is O=C(O)c1ccc(/C=C/CN2C(=O)CCC2CO)s1. The predicted octanol–water partition coefficient (Wildman–Crippen LogP) is 1.44. The largest absolute Gasteiger partial charge is 0.477 e. The molecule has 19 heavy (non-hydrogen) atoms. The second-order valence-electron chi connectivity index (χ2n) is 4.33. The Morgan fingerprint density at radius 3 is 2.95 bits per heavy atom. The van der Waals surface area contributed by atoms with Crippen LogP contribution >= 0.6 is 11.3 Å². The molecule has 1 atom stereocenters. The Labute approximate surface area is 114 Å². The van der Waals surface area contributed by atoms with Gasteiger partial charge in [0.2, 0.25) is 5.91 Å². The van der Waals surface area contributed by atoms with Crippen molar-refractivity contribution in [3.63, 3.8) is 0 Å². The highest BCUT2D eigenvalue weighted by atomic mass is 32.1. The van der Waals surface area contributed by atoms with Crippen LogP contribution < -0.4 is 0 Å². The van der Waals surface area contributed by atoms with E-state index in [1.54, 1.807) is 23.1 Å². The first-order valence-electron chi connectivity index (χ1n) is 6.02. The van der Waals surface area contributed by atoms with Crippen LogP contribution in [0, 0.1) is 0 Å². The van der Waals surface area contributed by atoms with E-state index in [1.165, 1.54) is 11.3 Å². The van der Waals surface area contributed by atoms with E-state index in [4.69, 9.17) is 10.2 Å². The highest BCUT2D eigenvalue weighted by molar-refractivity contribution is 7.14. The highest BCUT2D eigenvalue weighted by Gasteiger charge is 2.28. The number of hydrogen-bond acceptors (Lipinski definition) is 4. The van der Waals surface area contributed by atoms with E-state index in [1.807, 2.05) is 6.08 Å². The smallest absolute Gasteiger partial charge is 0.345 e. The summed E-state index contributed by atoms with van der Waals surface area (Å²) in [7, 11) is 0. The maximum Gasteiger partial charge on any atom is 0.345 e. The third-order valence-corrected chi connectivity index (χ3v) is 4.12. The van der Waals surface area contributed by atoms with Crippen LogP contribution in [0.25, 0.3) is 6.08 Å². The second kappa shape index (κ2) is 5.99. The van der Waals surface area contributed by atoms with Crippen LogP contribution in [0.3, 0.4) is 0 Å². The molecule has 0 aromatic carbocycles. The van der Waals surface area contributed by atoms with E-state index in [2.05, 4.69) is 0 Å². The first kappa shape index (κ1) is 13.8. The first-order chi connectivity index (χ1) is 9.11. The third kappa shape index (κ3) is 3.21. The number of amides is 1. The van der Waals surface area contributed by atoms with E-state index in [-0.39, 0.29) is 18.6 Å². The molecule has 2 rings (SSSR count). The Bertz CT molecular complexity index is 508. The number of rotatable bonds is 5. The molecule has 1 unspecified atom stereocenters. The number of likely N-dealkylation sites (tertiary alicyclic amines) is 1. The van der Waals surface area contributed by atoms with E-state index in [0.29, 0.717) is 24.3 Å². The van der Waals surface area contributed by atoms with Gasteiger partial charge in [0.1, 0.15) is 4.88 Å². The lowest BCUT2D eigenvalue weighted by atomic mass is 10.2. The van der Waals surface area contributed by atoms with Gasteiger partial charge in [0, 0.05) is 17.8 Å². The van der Waals surface area contributed by atoms with Crippen molar-refractivity contribution in [1.82, 2.24) is 4.90 Å². The topological polar surface area (TPSA) is 77.8 Å². The quantitative estimate of drug-likeness (QED) is 0.856. The minimum Gasteiger partial charge on any atom is -0.477 e. The van der Waals surface area contributed by atoms with Crippen molar-refractivity contribution in [2.45, 2.75) is 18.9 Å². The van der Waals surface area contributed by atoms with E-state index < -0.39 is 5.97 Å². The number of carbonyl (C=O) groups is 2. The summed E-state index contributed by atoms with van der Waals surface area (Å²) in [5.41, 5.74) is 0.